The van der Waals surface area contributed by atoms with Crippen molar-refractivity contribution in [2.75, 3.05) is 17.9 Å². The van der Waals surface area contributed by atoms with Gasteiger partial charge in [0.1, 0.15) is 13.2 Å². The van der Waals surface area contributed by atoms with Crippen LogP contribution in [0.25, 0.3) is 11.1 Å². The molecule has 0 radical (unpaired) electrons. The van der Waals surface area contributed by atoms with Crippen LogP contribution in [0.15, 0.2) is 58.1 Å². The highest BCUT2D eigenvalue weighted by Gasteiger charge is 2.22. The molecule has 2 aromatic carbocycles. The van der Waals surface area contributed by atoms with Gasteiger partial charge in [0.2, 0.25) is 5.88 Å². The van der Waals surface area contributed by atoms with E-state index < -0.39 is 10.0 Å². The highest BCUT2D eigenvalue weighted by molar-refractivity contribution is 7.92. The van der Waals surface area contributed by atoms with E-state index in [4.69, 9.17) is 25.6 Å². The van der Waals surface area contributed by atoms with Gasteiger partial charge in [-0.3, -0.25) is 0 Å². The van der Waals surface area contributed by atoms with Crippen molar-refractivity contribution in [3.05, 3.63) is 53.7 Å². The Morgan fingerprint density at radius 2 is 1.73 bits per heavy atom. The number of sulfonamides is 1. The third kappa shape index (κ3) is 3.21. The summed E-state index contributed by atoms with van der Waals surface area (Å²) < 4.78 is 43.8. The quantitative estimate of drug-likeness (QED) is 0.729. The Morgan fingerprint density at radius 1 is 1.00 bits per heavy atom. The molecule has 0 saturated carbocycles. The van der Waals surface area contributed by atoms with E-state index in [-0.39, 0.29) is 10.8 Å². The van der Waals surface area contributed by atoms with Crippen LogP contribution < -0.4 is 14.2 Å². The number of nitrogens with one attached hydrogen (secondary N) is 1. The van der Waals surface area contributed by atoms with Gasteiger partial charge in [-0.05, 0) is 29.8 Å². The fourth-order valence-electron chi connectivity index (χ4n) is 2.52. The molecule has 4 rings (SSSR count). The summed E-state index contributed by atoms with van der Waals surface area (Å²) in [6, 6.07) is 11.3. The number of fused-ring (bicyclic) bond motifs is 1. The molecule has 26 heavy (non-hydrogen) atoms. The Balaban J connectivity index is 1.65. The van der Waals surface area contributed by atoms with Gasteiger partial charge in [0, 0.05) is 11.1 Å². The first-order valence-corrected chi connectivity index (χ1v) is 9.52. The summed E-state index contributed by atoms with van der Waals surface area (Å²) in [5.74, 6) is 0.911. The molecular weight excluding hydrogens is 380 g/mol. The van der Waals surface area contributed by atoms with Crippen LogP contribution in [0.5, 0.6) is 11.5 Å². The lowest BCUT2D eigenvalue weighted by molar-refractivity contribution is 0.171. The van der Waals surface area contributed by atoms with Gasteiger partial charge < -0.3 is 14.0 Å². The summed E-state index contributed by atoms with van der Waals surface area (Å²) in [7, 11) is -3.90. The van der Waals surface area contributed by atoms with Gasteiger partial charge in [-0.25, -0.2) is 13.1 Å². The van der Waals surface area contributed by atoms with Gasteiger partial charge in [0.25, 0.3) is 10.0 Å². The molecule has 9 heteroatoms. The predicted octanol–water partition coefficient (Wildman–Crippen LogP) is 3.57. The van der Waals surface area contributed by atoms with E-state index in [0.29, 0.717) is 35.3 Å². The fourth-order valence-corrected chi connectivity index (χ4v) is 3.66. The lowest BCUT2D eigenvalue weighted by Crippen LogP contribution is -2.17. The van der Waals surface area contributed by atoms with Crippen molar-refractivity contribution in [2.45, 2.75) is 4.90 Å². The molecule has 2 heterocycles. The highest BCUT2D eigenvalue weighted by atomic mass is 35.5. The number of hydrogen-bond acceptors (Lipinski definition) is 6. The maximum absolute atomic E-state index is 12.7. The normalized spacial score (nSPS) is 13.4. The van der Waals surface area contributed by atoms with Crippen LogP contribution in [0.4, 0.5) is 5.88 Å². The van der Waals surface area contributed by atoms with Crippen molar-refractivity contribution < 1.29 is 22.4 Å². The van der Waals surface area contributed by atoms with E-state index in [0.717, 1.165) is 5.56 Å². The highest BCUT2D eigenvalue weighted by Crippen LogP contribution is 2.34. The Bertz CT molecular complexity index is 1050. The van der Waals surface area contributed by atoms with Crippen molar-refractivity contribution in [2.24, 2.45) is 0 Å². The number of ether oxygens (including phenoxy) is 2. The summed E-state index contributed by atoms with van der Waals surface area (Å²) in [6.45, 7) is 0.798. The van der Waals surface area contributed by atoms with E-state index in [1.54, 1.807) is 30.3 Å². The van der Waals surface area contributed by atoms with Crippen LogP contribution in [0.1, 0.15) is 0 Å². The predicted molar refractivity (Wildman–Crippen MR) is 95.2 cm³/mol. The largest absolute Gasteiger partial charge is 0.486 e. The fraction of sp³-hybridized carbons (Fsp3) is 0.118. The molecule has 0 spiro atoms. The number of aromatic nitrogens is 1. The number of rotatable bonds is 4. The Hall–Kier alpha value is -2.71. The maximum Gasteiger partial charge on any atom is 0.264 e. The molecule has 0 atom stereocenters. The van der Waals surface area contributed by atoms with E-state index >= 15 is 0 Å². The lowest BCUT2D eigenvalue weighted by Gasteiger charge is -2.18. The summed E-state index contributed by atoms with van der Waals surface area (Å²) in [6.07, 6.45) is 1.44. The van der Waals surface area contributed by atoms with Gasteiger partial charge in [-0.15, -0.1) is 0 Å². The average Bonchev–Trinajstić information content (AvgIpc) is 3.09. The molecule has 0 saturated heterocycles. The molecule has 1 aliphatic rings. The second-order valence-corrected chi connectivity index (χ2v) is 7.61. The molecule has 0 amide bonds. The summed E-state index contributed by atoms with van der Waals surface area (Å²) in [5, 5.41) is 4.26. The minimum Gasteiger partial charge on any atom is -0.486 e. The van der Waals surface area contributed by atoms with Crippen LogP contribution in [-0.2, 0) is 10.0 Å². The summed E-state index contributed by atoms with van der Waals surface area (Å²) >= 11 is 5.88. The standard InChI is InChI=1S/C17H13ClN2O5S/c18-12-3-1-11(2-4-12)14-10-19-25-17(14)20-26(21,22)13-5-6-15-16(9-13)24-8-7-23-15/h1-6,9-10,20H,7-8H2. The lowest BCUT2D eigenvalue weighted by atomic mass is 10.1. The smallest absolute Gasteiger partial charge is 0.264 e. The molecule has 1 aliphatic heterocycles. The van der Waals surface area contributed by atoms with Crippen molar-refractivity contribution >= 4 is 27.5 Å². The molecule has 1 aromatic heterocycles. The van der Waals surface area contributed by atoms with E-state index in [1.807, 2.05) is 0 Å². The van der Waals surface area contributed by atoms with Gasteiger partial charge in [-0.2, -0.15) is 0 Å². The van der Waals surface area contributed by atoms with Crippen LogP contribution in [-0.4, -0.2) is 26.8 Å². The zero-order valence-electron chi connectivity index (χ0n) is 13.3. The first kappa shape index (κ1) is 16.7. The minimum absolute atomic E-state index is 0.0159. The monoisotopic (exact) mass is 392 g/mol. The first-order chi connectivity index (χ1) is 12.5. The van der Waals surface area contributed by atoms with Crippen molar-refractivity contribution in [1.29, 1.82) is 0 Å². The maximum atomic E-state index is 12.7. The molecule has 0 bridgehead atoms. The Labute approximate surface area is 154 Å². The van der Waals surface area contributed by atoms with E-state index in [1.165, 1.54) is 18.3 Å². The molecular formula is C17H13ClN2O5S. The van der Waals surface area contributed by atoms with Gasteiger partial charge in [-0.1, -0.05) is 28.9 Å². The third-order valence-electron chi connectivity index (χ3n) is 3.78. The third-order valence-corrected chi connectivity index (χ3v) is 5.36. The second kappa shape index (κ2) is 6.54. The van der Waals surface area contributed by atoms with Gasteiger partial charge in [0.15, 0.2) is 11.5 Å². The number of halogens is 1. The van der Waals surface area contributed by atoms with Crippen LogP contribution >= 0.6 is 11.6 Å². The van der Waals surface area contributed by atoms with E-state index in [9.17, 15) is 8.42 Å². The Kier molecular flexibility index (Phi) is 4.21. The van der Waals surface area contributed by atoms with E-state index in [2.05, 4.69) is 9.88 Å². The van der Waals surface area contributed by atoms with Crippen molar-refractivity contribution in [3.63, 3.8) is 0 Å². The van der Waals surface area contributed by atoms with Crippen LogP contribution in [0.2, 0.25) is 5.02 Å². The topological polar surface area (TPSA) is 90.7 Å². The average molecular weight is 393 g/mol. The van der Waals surface area contributed by atoms with Gasteiger partial charge in [0.05, 0.1) is 16.7 Å². The van der Waals surface area contributed by atoms with Crippen molar-refractivity contribution in [3.8, 4) is 22.6 Å². The number of hydrogen-bond donors (Lipinski definition) is 1. The molecule has 134 valence electrons. The molecule has 0 aliphatic carbocycles. The SMILES string of the molecule is O=S(=O)(Nc1oncc1-c1ccc(Cl)cc1)c1ccc2c(c1)OCCO2. The number of anilines is 1. The summed E-state index contributed by atoms with van der Waals surface area (Å²) in [4.78, 5) is 0.0280. The molecule has 0 fully saturated rings. The molecule has 0 unspecified atom stereocenters. The molecule has 7 nitrogen and oxygen atoms in total. The zero-order valence-corrected chi connectivity index (χ0v) is 14.9. The molecule has 3 aromatic rings. The minimum atomic E-state index is -3.90. The van der Waals surface area contributed by atoms with Crippen LogP contribution in [0.3, 0.4) is 0 Å². The second-order valence-electron chi connectivity index (χ2n) is 5.49. The van der Waals surface area contributed by atoms with Gasteiger partial charge >= 0.3 is 0 Å². The van der Waals surface area contributed by atoms with Crippen molar-refractivity contribution in [1.82, 2.24) is 5.16 Å². The van der Waals surface area contributed by atoms with Crippen LogP contribution in [0, 0.1) is 0 Å². The number of nitrogens with zero attached hydrogens (tertiary/aromatic N) is 1. The molecule has 1 N–H and O–H groups in total. The Morgan fingerprint density at radius 3 is 2.50 bits per heavy atom. The zero-order chi connectivity index (χ0) is 18.1. The summed E-state index contributed by atoms with van der Waals surface area (Å²) in [5.41, 5.74) is 1.22. The number of benzene rings is 2. The first-order valence-electron chi connectivity index (χ1n) is 7.66.